The fourth-order valence-corrected chi connectivity index (χ4v) is 4.06. The van der Waals surface area contributed by atoms with Crippen LogP contribution in [0, 0.1) is 6.92 Å². The number of imide groups is 1. The highest BCUT2D eigenvalue weighted by Gasteiger charge is 2.36. The van der Waals surface area contributed by atoms with Crippen molar-refractivity contribution in [2.24, 2.45) is 0 Å². The van der Waals surface area contributed by atoms with Crippen molar-refractivity contribution in [2.75, 3.05) is 26.2 Å². The number of benzene rings is 2. The second-order valence-corrected chi connectivity index (χ2v) is 8.10. The molecule has 1 saturated heterocycles. The van der Waals surface area contributed by atoms with Crippen LogP contribution < -0.4 is 5.32 Å². The normalized spacial score (nSPS) is 16.2. The van der Waals surface area contributed by atoms with Crippen LogP contribution in [-0.2, 0) is 6.54 Å². The molecule has 30 heavy (non-hydrogen) atoms. The number of aryl methyl sites for hydroxylation is 1. The van der Waals surface area contributed by atoms with Crippen LogP contribution in [0.2, 0.25) is 0 Å². The maximum atomic E-state index is 12.8. The van der Waals surface area contributed by atoms with Gasteiger partial charge in [-0.25, -0.2) is 0 Å². The maximum Gasteiger partial charge on any atom is 0.261 e. The molecule has 2 heterocycles. The zero-order valence-corrected chi connectivity index (χ0v) is 17.3. The Kier molecular flexibility index (Phi) is 5.95. The van der Waals surface area contributed by atoms with E-state index in [2.05, 4.69) is 10.2 Å². The molecule has 0 aromatic heterocycles. The second-order valence-electron chi connectivity index (χ2n) is 8.10. The van der Waals surface area contributed by atoms with Gasteiger partial charge in [0.2, 0.25) is 0 Å². The minimum absolute atomic E-state index is 0.212. The van der Waals surface area contributed by atoms with E-state index in [-0.39, 0.29) is 24.3 Å². The molecular weight excluding hydrogens is 378 g/mol. The van der Waals surface area contributed by atoms with Crippen molar-refractivity contribution in [1.82, 2.24) is 15.1 Å². The number of hydrogen-bond acceptors (Lipinski definition) is 4. The number of hydrogen-bond donors (Lipinski definition) is 1. The Morgan fingerprint density at radius 3 is 2.40 bits per heavy atom. The van der Waals surface area contributed by atoms with Crippen LogP contribution in [0.4, 0.5) is 0 Å². The zero-order valence-electron chi connectivity index (χ0n) is 17.3. The molecule has 3 amide bonds. The monoisotopic (exact) mass is 405 g/mol. The third kappa shape index (κ3) is 4.28. The van der Waals surface area contributed by atoms with E-state index in [1.165, 1.54) is 17.7 Å². The highest BCUT2D eigenvalue weighted by molar-refractivity contribution is 6.22. The molecule has 1 N–H and O–H groups in total. The van der Waals surface area contributed by atoms with Gasteiger partial charge in [-0.3, -0.25) is 19.3 Å². The van der Waals surface area contributed by atoms with Crippen molar-refractivity contribution in [3.63, 3.8) is 0 Å². The highest BCUT2D eigenvalue weighted by Crippen LogP contribution is 2.26. The van der Waals surface area contributed by atoms with Gasteiger partial charge in [0.1, 0.15) is 0 Å². The Balaban J connectivity index is 1.38. The smallest absolute Gasteiger partial charge is 0.261 e. The van der Waals surface area contributed by atoms with E-state index in [0.717, 1.165) is 37.2 Å². The van der Waals surface area contributed by atoms with Gasteiger partial charge in [0.05, 0.1) is 17.7 Å². The summed E-state index contributed by atoms with van der Waals surface area (Å²) in [5.74, 6) is -0.871. The molecule has 0 spiro atoms. The summed E-state index contributed by atoms with van der Waals surface area (Å²) in [6.45, 7) is 6.10. The van der Waals surface area contributed by atoms with Gasteiger partial charge in [-0.1, -0.05) is 29.8 Å². The minimum Gasteiger partial charge on any atom is -0.352 e. The largest absolute Gasteiger partial charge is 0.352 e. The number of carbonyl (C=O) groups excluding carboxylic acids is 3. The quantitative estimate of drug-likeness (QED) is 0.568. The molecule has 6 heteroatoms. The molecule has 2 aliphatic heterocycles. The molecule has 2 aromatic carbocycles. The summed E-state index contributed by atoms with van der Waals surface area (Å²) in [6, 6.07) is 12.5. The molecule has 0 bridgehead atoms. The average Bonchev–Trinajstić information content (AvgIpc) is 3.35. The second kappa shape index (κ2) is 8.79. The van der Waals surface area contributed by atoms with Crippen molar-refractivity contribution >= 4 is 17.7 Å². The first-order chi connectivity index (χ1) is 14.5. The van der Waals surface area contributed by atoms with Gasteiger partial charge in [-0.2, -0.15) is 0 Å². The molecule has 0 atom stereocenters. The van der Waals surface area contributed by atoms with Gasteiger partial charge in [-0.15, -0.1) is 0 Å². The molecular formula is C24H27N3O3. The fraction of sp³-hybridized carbons (Fsp3) is 0.375. The lowest BCUT2D eigenvalue weighted by atomic mass is 10.1. The Morgan fingerprint density at radius 2 is 1.67 bits per heavy atom. The molecule has 0 aliphatic carbocycles. The Hall–Kier alpha value is -2.99. The molecule has 2 aliphatic rings. The number of carbonyl (C=O) groups is 3. The molecule has 0 saturated carbocycles. The van der Waals surface area contributed by atoms with Crippen LogP contribution >= 0.6 is 0 Å². The predicted octanol–water partition coefficient (Wildman–Crippen LogP) is 3.01. The van der Waals surface area contributed by atoms with Gasteiger partial charge in [-0.05, 0) is 69.6 Å². The topological polar surface area (TPSA) is 69.7 Å². The van der Waals surface area contributed by atoms with Crippen LogP contribution in [-0.4, -0.2) is 53.7 Å². The van der Waals surface area contributed by atoms with Gasteiger partial charge in [0, 0.05) is 12.1 Å². The molecule has 0 radical (unpaired) electrons. The summed E-state index contributed by atoms with van der Waals surface area (Å²) in [7, 11) is 0. The highest BCUT2D eigenvalue weighted by atomic mass is 16.2. The van der Waals surface area contributed by atoms with Crippen LogP contribution in [0.3, 0.4) is 0 Å². The summed E-state index contributed by atoms with van der Waals surface area (Å²) in [5.41, 5.74) is 3.09. The van der Waals surface area contributed by atoms with Crippen molar-refractivity contribution in [1.29, 1.82) is 0 Å². The first kappa shape index (κ1) is 20.3. The standard InChI is InChI=1S/C24H27N3O3/c1-17-5-7-18(8-6-17)16-27-23(29)20-10-9-19(15-21(20)24(27)30)22(28)25-11-4-14-26-12-2-3-13-26/h5-10,15H,2-4,11-14,16H2,1H3,(H,25,28). The fourth-order valence-electron chi connectivity index (χ4n) is 4.06. The van der Waals surface area contributed by atoms with Crippen molar-refractivity contribution in [3.8, 4) is 0 Å². The van der Waals surface area contributed by atoms with Gasteiger partial charge in [0.15, 0.2) is 0 Å². The lowest BCUT2D eigenvalue weighted by molar-refractivity contribution is 0.0642. The van der Waals surface area contributed by atoms with E-state index in [1.807, 2.05) is 31.2 Å². The molecule has 156 valence electrons. The molecule has 0 unspecified atom stereocenters. The summed E-state index contributed by atoms with van der Waals surface area (Å²) in [5, 5.41) is 2.92. The number of rotatable bonds is 7. The lowest BCUT2D eigenvalue weighted by Crippen LogP contribution is -2.29. The van der Waals surface area contributed by atoms with Gasteiger partial charge < -0.3 is 10.2 Å². The van der Waals surface area contributed by atoms with Gasteiger partial charge in [0.25, 0.3) is 17.7 Å². The lowest BCUT2D eigenvalue weighted by Gasteiger charge is -2.14. The Labute approximate surface area is 176 Å². The molecule has 2 aromatic rings. The van der Waals surface area contributed by atoms with Crippen LogP contribution in [0.5, 0.6) is 0 Å². The van der Waals surface area contributed by atoms with E-state index >= 15 is 0 Å². The van der Waals surface area contributed by atoms with E-state index in [9.17, 15) is 14.4 Å². The third-order valence-corrected chi connectivity index (χ3v) is 5.83. The van der Waals surface area contributed by atoms with Crippen molar-refractivity contribution < 1.29 is 14.4 Å². The number of nitrogens with one attached hydrogen (secondary N) is 1. The SMILES string of the molecule is Cc1ccc(CN2C(=O)c3ccc(C(=O)NCCCN4CCCC4)cc3C2=O)cc1. The van der Waals surface area contributed by atoms with Crippen molar-refractivity contribution in [2.45, 2.75) is 32.7 Å². The summed E-state index contributed by atoms with van der Waals surface area (Å²) in [4.78, 5) is 41.7. The van der Waals surface area contributed by atoms with E-state index in [0.29, 0.717) is 23.2 Å². The van der Waals surface area contributed by atoms with Crippen LogP contribution in [0.15, 0.2) is 42.5 Å². The summed E-state index contributed by atoms with van der Waals surface area (Å²) < 4.78 is 0. The summed E-state index contributed by atoms with van der Waals surface area (Å²) >= 11 is 0. The van der Waals surface area contributed by atoms with E-state index in [4.69, 9.17) is 0 Å². The maximum absolute atomic E-state index is 12.8. The van der Waals surface area contributed by atoms with Crippen LogP contribution in [0.1, 0.15) is 61.5 Å². The molecule has 6 nitrogen and oxygen atoms in total. The van der Waals surface area contributed by atoms with Gasteiger partial charge >= 0.3 is 0 Å². The van der Waals surface area contributed by atoms with E-state index < -0.39 is 0 Å². The first-order valence-corrected chi connectivity index (χ1v) is 10.6. The number of fused-ring (bicyclic) bond motifs is 1. The molecule has 1 fully saturated rings. The van der Waals surface area contributed by atoms with E-state index in [1.54, 1.807) is 18.2 Å². The summed E-state index contributed by atoms with van der Waals surface area (Å²) in [6.07, 6.45) is 3.42. The number of likely N-dealkylation sites (tertiary alicyclic amines) is 1. The number of nitrogens with zero attached hydrogens (tertiary/aromatic N) is 2. The predicted molar refractivity (Wildman–Crippen MR) is 114 cm³/mol. The Bertz CT molecular complexity index is 962. The minimum atomic E-state index is -0.348. The molecule has 4 rings (SSSR count). The Morgan fingerprint density at radius 1 is 0.967 bits per heavy atom. The average molecular weight is 405 g/mol. The van der Waals surface area contributed by atoms with Crippen LogP contribution in [0.25, 0.3) is 0 Å². The first-order valence-electron chi connectivity index (χ1n) is 10.6. The number of amides is 3. The third-order valence-electron chi connectivity index (χ3n) is 5.83. The van der Waals surface area contributed by atoms with Crippen molar-refractivity contribution in [3.05, 3.63) is 70.3 Å². The zero-order chi connectivity index (χ0) is 21.1.